The summed E-state index contributed by atoms with van der Waals surface area (Å²) >= 11 is 5.97. The lowest BCUT2D eigenvalue weighted by atomic mass is 10.2. The predicted molar refractivity (Wildman–Crippen MR) is 98.1 cm³/mol. The molecule has 0 saturated carbocycles. The second-order valence-corrected chi connectivity index (χ2v) is 5.88. The first-order chi connectivity index (χ1) is 12.0. The number of nitrogens with one attached hydrogen (secondary N) is 2. The maximum Gasteiger partial charge on any atom is 0.255 e. The van der Waals surface area contributed by atoms with Crippen molar-refractivity contribution in [3.8, 4) is 0 Å². The SMILES string of the molecule is Cc1ccc(Cl)cc1NC(=O)c1ccnc(Nc2ccccc2F)c1. The molecule has 2 N–H and O–H groups in total. The third-order valence-electron chi connectivity index (χ3n) is 3.61. The van der Waals surface area contributed by atoms with Gasteiger partial charge in [0.1, 0.15) is 11.6 Å². The summed E-state index contributed by atoms with van der Waals surface area (Å²) in [5.74, 6) is -0.321. The number of para-hydroxylation sites is 1. The quantitative estimate of drug-likeness (QED) is 0.678. The molecule has 0 saturated heterocycles. The monoisotopic (exact) mass is 355 g/mol. The number of carbonyl (C=O) groups excluding carboxylic acids is 1. The molecular weight excluding hydrogens is 341 g/mol. The Labute approximate surface area is 149 Å². The molecule has 0 bridgehead atoms. The summed E-state index contributed by atoms with van der Waals surface area (Å²) in [7, 11) is 0. The van der Waals surface area contributed by atoms with Gasteiger partial charge in [-0.3, -0.25) is 4.79 Å². The van der Waals surface area contributed by atoms with E-state index >= 15 is 0 Å². The van der Waals surface area contributed by atoms with Gasteiger partial charge in [0, 0.05) is 22.5 Å². The third kappa shape index (κ3) is 4.14. The van der Waals surface area contributed by atoms with Crippen molar-refractivity contribution in [2.75, 3.05) is 10.6 Å². The summed E-state index contributed by atoms with van der Waals surface area (Å²) in [6.45, 7) is 1.88. The Bertz CT molecular complexity index is 930. The van der Waals surface area contributed by atoms with Crippen molar-refractivity contribution >= 4 is 34.7 Å². The molecule has 2 aromatic carbocycles. The Morgan fingerprint density at radius 1 is 1.08 bits per heavy atom. The summed E-state index contributed by atoms with van der Waals surface area (Å²) in [5, 5.41) is 6.22. The van der Waals surface area contributed by atoms with Gasteiger partial charge in [-0.2, -0.15) is 0 Å². The smallest absolute Gasteiger partial charge is 0.255 e. The van der Waals surface area contributed by atoms with Crippen LogP contribution in [0.2, 0.25) is 5.02 Å². The molecule has 0 atom stereocenters. The van der Waals surface area contributed by atoms with Crippen molar-refractivity contribution < 1.29 is 9.18 Å². The van der Waals surface area contributed by atoms with Gasteiger partial charge in [-0.25, -0.2) is 9.37 Å². The number of rotatable bonds is 4. The second kappa shape index (κ2) is 7.32. The number of pyridine rings is 1. The minimum absolute atomic E-state index is 0.290. The van der Waals surface area contributed by atoms with Gasteiger partial charge in [0.15, 0.2) is 0 Å². The highest BCUT2D eigenvalue weighted by Gasteiger charge is 2.10. The highest BCUT2D eigenvalue weighted by molar-refractivity contribution is 6.31. The zero-order chi connectivity index (χ0) is 17.8. The molecule has 0 unspecified atom stereocenters. The molecule has 0 aliphatic carbocycles. The van der Waals surface area contributed by atoms with E-state index in [1.165, 1.54) is 12.3 Å². The molecule has 25 heavy (non-hydrogen) atoms. The Hall–Kier alpha value is -2.92. The van der Waals surface area contributed by atoms with E-state index in [1.54, 1.807) is 42.5 Å². The number of carbonyl (C=O) groups is 1. The number of hydrogen-bond donors (Lipinski definition) is 2. The van der Waals surface area contributed by atoms with Gasteiger partial charge < -0.3 is 10.6 Å². The third-order valence-corrected chi connectivity index (χ3v) is 3.84. The van der Waals surface area contributed by atoms with Crippen LogP contribution in [0.5, 0.6) is 0 Å². The topological polar surface area (TPSA) is 54.0 Å². The lowest BCUT2D eigenvalue weighted by Crippen LogP contribution is -2.13. The van der Waals surface area contributed by atoms with Crippen LogP contribution in [-0.4, -0.2) is 10.9 Å². The van der Waals surface area contributed by atoms with E-state index in [1.807, 2.05) is 13.0 Å². The van der Waals surface area contributed by atoms with E-state index in [-0.39, 0.29) is 5.91 Å². The molecule has 4 nitrogen and oxygen atoms in total. The normalized spacial score (nSPS) is 10.4. The first-order valence-corrected chi connectivity index (χ1v) is 7.96. The van der Waals surface area contributed by atoms with Crippen molar-refractivity contribution in [2.45, 2.75) is 6.92 Å². The van der Waals surface area contributed by atoms with Crippen molar-refractivity contribution in [1.29, 1.82) is 0 Å². The Kier molecular flexibility index (Phi) is 4.95. The van der Waals surface area contributed by atoms with Crippen molar-refractivity contribution in [1.82, 2.24) is 4.98 Å². The molecule has 3 rings (SSSR count). The van der Waals surface area contributed by atoms with Crippen LogP contribution in [0.4, 0.5) is 21.6 Å². The van der Waals surface area contributed by atoms with Crippen LogP contribution in [0, 0.1) is 12.7 Å². The zero-order valence-corrected chi connectivity index (χ0v) is 14.1. The molecule has 6 heteroatoms. The lowest BCUT2D eigenvalue weighted by molar-refractivity contribution is 0.102. The fourth-order valence-electron chi connectivity index (χ4n) is 2.26. The predicted octanol–water partition coefficient (Wildman–Crippen LogP) is 5.18. The minimum Gasteiger partial charge on any atom is -0.338 e. The fourth-order valence-corrected chi connectivity index (χ4v) is 2.44. The largest absolute Gasteiger partial charge is 0.338 e. The summed E-state index contributed by atoms with van der Waals surface area (Å²) in [6.07, 6.45) is 1.49. The molecule has 0 fully saturated rings. The van der Waals surface area contributed by atoms with Crippen molar-refractivity contribution in [3.63, 3.8) is 0 Å². The zero-order valence-electron chi connectivity index (χ0n) is 13.4. The maximum absolute atomic E-state index is 13.7. The first kappa shape index (κ1) is 16.9. The van der Waals surface area contributed by atoms with Gasteiger partial charge in [0.2, 0.25) is 0 Å². The highest BCUT2D eigenvalue weighted by Crippen LogP contribution is 2.22. The van der Waals surface area contributed by atoms with Gasteiger partial charge in [0.05, 0.1) is 5.69 Å². The Morgan fingerprint density at radius 3 is 2.68 bits per heavy atom. The minimum atomic E-state index is -0.395. The average Bonchev–Trinajstić information content (AvgIpc) is 2.60. The Morgan fingerprint density at radius 2 is 1.88 bits per heavy atom. The molecule has 0 aliphatic rings. The van der Waals surface area contributed by atoms with Crippen molar-refractivity contribution in [2.24, 2.45) is 0 Å². The number of hydrogen-bond acceptors (Lipinski definition) is 3. The fraction of sp³-hybridized carbons (Fsp3) is 0.0526. The molecule has 1 aromatic heterocycles. The van der Waals surface area contributed by atoms with Crippen LogP contribution in [0.3, 0.4) is 0 Å². The van der Waals surface area contributed by atoms with E-state index in [4.69, 9.17) is 11.6 Å². The average molecular weight is 356 g/mol. The van der Waals surface area contributed by atoms with Gasteiger partial charge in [-0.05, 0) is 48.9 Å². The number of halogens is 2. The van der Waals surface area contributed by atoms with Crippen LogP contribution in [-0.2, 0) is 0 Å². The molecule has 0 aliphatic heterocycles. The number of anilines is 3. The van der Waals surface area contributed by atoms with E-state index < -0.39 is 5.82 Å². The van der Waals surface area contributed by atoms with Gasteiger partial charge >= 0.3 is 0 Å². The molecule has 1 heterocycles. The summed E-state index contributed by atoms with van der Waals surface area (Å²) in [6, 6.07) is 14.7. The number of nitrogens with zero attached hydrogens (tertiary/aromatic N) is 1. The highest BCUT2D eigenvalue weighted by atomic mass is 35.5. The van der Waals surface area contributed by atoms with E-state index in [0.29, 0.717) is 27.8 Å². The maximum atomic E-state index is 13.7. The van der Waals surface area contributed by atoms with Gasteiger partial charge in [0.25, 0.3) is 5.91 Å². The van der Waals surface area contributed by atoms with Crippen LogP contribution >= 0.6 is 11.6 Å². The lowest BCUT2D eigenvalue weighted by Gasteiger charge is -2.10. The van der Waals surface area contributed by atoms with Crippen LogP contribution in [0.1, 0.15) is 15.9 Å². The number of benzene rings is 2. The molecule has 126 valence electrons. The molecular formula is C19H15ClFN3O. The summed E-state index contributed by atoms with van der Waals surface area (Å²) < 4.78 is 13.7. The Balaban J connectivity index is 1.80. The molecule has 0 radical (unpaired) electrons. The standard InChI is InChI=1S/C19H15ClFN3O/c1-12-6-7-14(20)11-17(12)24-19(25)13-8-9-22-18(10-13)23-16-5-3-2-4-15(16)21/h2-11H,1H3,(H,22,23)(H,24,25). The van der Waals surface area contributed by atoms with Gasteiger partial charge in [-0.15, -0.1) is 0 Å². The van der Waals surface area contributed by atoms with Crippen LogP contribution in [0.15, 0.2) is 60.8 Å². The number of amides is 1. The van der Waals surface area contributed by atoms with E-state index in [0.717, 1.165) is 5.56 Å². The second-order valence-electron chi connectivity index (χ2n) is 5.45. The van der Waals surface area contributed by atoms with Crippen LogP contribution in [0.25, 0.3) is 0 Å². The molecule has 0 spiro atoms. The number of aryl methyl sites for hydroxylation is 1. The molecule has 3 aromatic rings. The van der Waals surface area contributed by atoms with E-state index in [2.05, 4.69) is 15.6 Å². The summed E-state index contributed by atoms with van der Waals surface area (Å²) in [5.41, 5.74) is 2.22. The number of aromatic nitrogens is 1. The van der Waals surface area contributed by atoms with Crippen LogP contribution < -0.4 is 10.6 Å². The van der Waals surface area contributed by atoms with E-state index in [9.17, 15) is 9.18 Å². The van der Waals surface area contributed by atoms with Gasteiger partial charge in [-0.1, -0.05) is 29.8 Å². The molecule has 1 amide bonds. The first-order valence-electron chi connectivity index (χ1n) is 7.58. The summed E-state index contributed by atoms with van der Waals surface area (Å²) in [4.78, 5) is 16.6. The van der Waals surface area contributed by atoms with Crippen molar-refractivity contribution in [3.05, 3.63) is 82.8 Å².